The Kier molecular flexibility index (Phi) is 3.15. The molecule has 1 heterocycles. The van der Waals surface area contributed by atoms with E-state index in [1.807, 2.05) is 26.8 Å². The van der Waals surface area contributed by atoms with Crippen LogP contribution in [0.1, 0.15) is 34.5 Å². The lowest BCUT2D eigenvalue weighted by molar-refractivity contribution is 0.623. The Labute approximate surface area is 104 Å². The van der Waals surface area contributed by atoms with Crippen molar-refractivity contribution in [3.8, 4) is 0 Å². The number of aromatic nitrogens is 1. The van der Waals surface area contributed by atoms with Crippen molar-refractivity contribution in [2.24, 2.45) is 0 Å². The van der Waals surface area contributed by atoms with Gasteiger partial charge in [-0.1, -0.05) is 13.0 Å². The molecule has 0 aliphatic heterocycles. The van der Waals surface area contributed by atoms with Crippen LogP contribution in [0.5, 0.6) is 0 Å². The molecule has 2 N–H and O–H groups in total. The van der Waals surface area contributed by atoms with Gasteiger partial charge in [0.15, 0.2) is 5.13 Å². The van der Waals surface area contributed by atoms with E-state index in [2.05, 4.69) is 4.98 Å². The van der Waals surface area contributed by atoms with Crippen molar-refractivity contribution < 1.29 is 4.39 Å². The molecule has 0 amide bonds. The van der Waals surface area contributed by atoms with Crippen LogP contribution in [0, 0.1) is 19.7 Å². The summed E-state index contributed by atoms with van der Waals surface area (Å²) < 4.78 is 13.4. The maximum Gasteiger partial charge on any atom is 0.180 e. The Balaban J connectivity index is 2.43. The summed E-state index contributed by atoms with van der Waals surface area (Å²) >= 11 is 1.47. The Hall–Kier alpha value is -1.42. The van der Waals surface area contributed by atoms with Crippen molar-refractivity contribution in [2.75, 3.05) is 5.73 Å². The van der Waals surface area contributed by atoms with E-state index in [1.54, 1.807) is 6.07 Å². The molecule has 2 nitrogen and oxygen atoms in total. The molecule has 0 fully saturated rings. The average molecular weight is 250 g/mol. The lowest BCUT2D eigenvalue weighted by Gasteiger charge is -2.11. The summed E-state index contributed by atoms with van der Waals surface area (Å²) in [6.07, 6.45) is 0. The molecule has 0 aliphatic rings. The minimum absolute atomic E-state index is 0.124. The zero-order valence-electron chi connectivity index (χ0n) is 10.1. The zero-order chi connectivity index (χ0) is 12.6. The number of thiazole rings is 1. The largest absolute Gasteiger partial charge is 0.375 e. The van der Waals surface area contributed by atoms with E-state index in [0.717, 1.165) is 21.7 Å². The average Bonchev–Trinajstić information content (AvgIpc) is 2.55. The van der Waals surface area contributed by atoms with Crippen molar-refractivity contribution >= 4 is 16.5 Å². The highest BCUT2D eigenvalue weighted by atomic mass is 32.1. The predicted molar refractivity (Wildman–Crippen MR) is 69.9 cm³/mol. The first kappa shape index (κ1) is 12.0. The number of anilines is 1. The van der Waals surface area contributed by atoms with Gasteiger partial charge in [-0.05, 0) is 37.1 Å². The van der Waals surface area contributed by atoms with Crippen LogP contribution in [0.4, 0.5) is 9.52 Å². The highest BCUT2D eigenvalue weighted by molar-refractivity contribution is 7.15. The number of halogens is 1. The van der Waals surface area contributed by atoms with Gasteiger partial charge < -0.3 is 5.73 Å². The monoisotopic (exact) mass is 250 g/mol. The highest BCUT2D eigenvalue weighted by Gasteiger charge is 2.16. The van der Waals surface area contributed by atoms with Gasteiger partial charge >= 0.3 is 0 Å². The fourth-order valence-corrected chi connectivity index (χ4v) is 2.91. The number of hydrogen-bond acceptors (Lipinski definition) is 3. The first-order chi connectivity index (χ1) is 7.97. The molecule has 2 aromatic rings. The van der Waals surface area contributed by atoms with Gasteiger partial charge in [-0.15, -0.1) is 11.3 Å². The lowest BCUT2D eigenvalue weighted by Crippen LogP contribution is -1.97. The van der Waals surface area contributed by atoms with E-state index in [9.17, 15) is 4.39 Å². The molecule has 0 aliphatic carbocycles. The van der Waals surface area contributed by atoms with Crippen LogP contribution >= 0.6 is 11.3 Å². The first-order valence-electron chi connectivity index (χ1n) is 5.47. The van der Waals surface area contributed by atoms with Gasteiger partial charge in [0.1, 0.15) is 5.82 Å². The standard InChI is InChI=1S/C13H15FN2S/c1-7-4-10(6-11(14)5-7)8(2)12-9(3)16-13(15)17-12/h4-6,8H,1-3H3,(H2,15,16). The van der Waals surface area contributed by atoms with Crippen LogP contribution in [0.25, 0.3) is 0 Å². The van der Waals surface area contributed by atoms with Gasteiger partial charge in [-0.3, -0.25) is 0 Å². The molecule has 0 bridgehead atoms. The molecule has 1 unspecified atom stereocenters. The molecular formula is C13H15FN2S. The van der Waals surface area contributed by atoms with Crippen molar-refractivity contribution in [3.63, 3.8) is 0 Å². The molecule has 0 radical (unpaired) electrons. The Morgan fingerprint density at radius 1 is 1.29 bits per heavy atom. The molecule has 4 heteroatoms. The number of hydrogen-bond donors (Lipinski definition) is 1. The van der Waals surface area contributed by atoms with Gasteiger partial charge in [-0.25, -0.2) is 9.37 Å². The number of nitrogens with two attached hydrogens (primary N) is 1. The van der Waals surface area contributed by atoms with Crippen LogP contribution in [0.2, 0.25) is 0 Å². The number of rotatable bonds is 2. The number of nitrogens with zero attached hydrogens (tertiary/aromatic N) is 1. The fraction of sp³-hybridized carbons (Fsp3) is 0.308. The first-order valence-corrected chi connectivity index (χ1v) is 6.29. The molecule has 2 rings (SSSR count). The molecule has 1 aromatic heterocycles. The minimum atomic E-state index is -0.193. The molecule has 0 spiro atoms. The van der Waals surface area contributed by atoms with Crippen LogP contribution in [-0.4, -0.2) is 4.98 Å². The second-order valence-electron chi connectivity index (χ2n) is 4.29. The number of nitrogen functional groups attached to an aromatic ring is 1. The third-order valence-electron chi connectivity index (χ3n) is 2.81. The maximum absolute atomic E-state index is 13.4. The SMILES string of the molecule is Cc1cc(F)cc(C(C)c2sc(N)nc2C)c1. The van der Waals surface area contributed by atoms with Gasteiger partial charge in [0, 0.05) is 10.8 Å². The summed E-state index contributed by atoms with van der Waals surface area (Å²) in [5, 5.41) is 0.567. The molecular weight excluding hydrogens is 235 g/mol. The van der Waals surface area contributed by atoms with E-state index in [4.69, 9.17) is 5.73 Å². The number of aryl methyl sites for hydroxylation is 2. The summed E-state index contributed by atoms with van der Waals surface area (Å²) in [4.78, 5) is 5.31. The Bertz CT molecular complexity index is 528. The third kappa shape index (κ3) is 2.47. The minimum Gasteiger partial charge on any atom is -0.375 e. The summed E-state index contributed by atoms with van der Waals surface area (Å²) in [7, 11) is 0. The van der Waals surface area contributed by atoms with Gasteiger partial charge in [0.05, 0.1) is 5.69 Å². The topological polar surface area (TPSA) is 38.9 Å². The molecule has 0 saturated carbocycles. The quantitative estimate of drug-likeness (QED) is 0.884. The lowest BCUT2D eigenvalue weighted by atomic mass is 9.97. The molecule has 0 saturated heterocycles. The van der Waals surface area contributed by atoms with Crippen molar-refractivity contribution in [1.29, 1.82) is 0 Å². The van der Waals surface area contributed by atoms with Crippen molar-refractivity contribution in [2.45, 2.75) is 26.7 Å². The maximum atomic E-state index is 13.4. The van der Waals surface area contributed by atoms with Gasteiger partial charge in [0.2, 0.25) is 0 Å². The smallest absolute Gasteiger partial charge is 0.180 e. The Morgan fingerprint density at radius 3 is 2.53 bits per heavy atom. The number of benzene rings is 1. The molecule has 90 valence electrons. The summed E-state index contributed by atoms with van der Waals surface area (Å²) in [6.45, 7) is 5.88. The molecule has 1 atom stereocenters. The molecule has 1 aromatic carbocycles. The van der Waals surface area contributed by atoms with Crippen LogP contribution in [0.15, 0.2) is 18.2 Å². The zero-order valence-corrected chi connectivity index (χ0v) is 10.9. The fourth-order valence-electron chi connectivity index (χ4n) is 2.00. The van der Waals surface area contributed by atoms with Gasteiger partial charge in [-0.2, -0.15) is 0 Å². The normalized spacial score (nSPS) is 12.7. The predicted octanol–water partition coefficient (Wildman–Crippen LogP) is 3.63. The van der Waals surface area contributed by atoms with Crippen LogP contribution in [0.3, 0.4) is 0 Å². The van der Waals surface area contributed by atoms with Gasteiger partial charge in [0.25, 0.3) is 0 Å². The molecule has 17 heavy (non-hydrogen) atoms. The highest BCUT2D eigenvalue weighted by Crippen LogP contribution is 2.33. The summed E-state index contributed by atoms with van der Waals surface area (Å²) in [5.41, 5.74) is 8.52. The summed E-state index contributed by atoms with van der Waals surface area (Å²) in [6, 6.07) is 5.11. The second kappa shape index (κ2) is 4.45. The van der Waals surface area contributed by atoms with E-state index in [0.29, 0.717) is 5.13 Å². The van der Waals surface area contributed by atoms with Crippen molar-refractivity contribution in [1.82, 2.24) is 4.98 Å². The van der Waals surface area contributed by atoms with E-state index in [1.165, 1.54) is 17.4 Å². The summed E-state index contributed by atoms with van der Waals surface area (Å²) in [5.74, 6) is -0.0683. The van der Waals surface area contributed by atoms with Crippen molar-refractivity contribution in [3.05, 3.63) is 45.7 Å². The second-order valence-corrected chi connectivity index (χ2v) is 5.35. The van der Waals surface area contributed by atoms with E-state index >= 15 is 0 Å². The third-order valence-corrected chi connectivity index (χ3v) is 3.98. The Morgan fingerprint density at radius 2 is 2.00 bits per heavy atom. The van der Waals surface area contributed by atoms with Crippen LogP contribution < -0.4 is 5.73 Å². The van der Waals surface area contributed by atoms with Crippen LogP contribution in [-0.2, 0) is 0 Å². The van der Waals surface area contributed by atoms with E-state index in [-0.39, 0.29) is 11.7 Å². The van der Waals surface area contributed by atoms with E-state index < -0.39 is 0 Å².